The quantitative estimate of drug-likeness (QED) is 0.558. The molecule has 30 heavy (non-hydrogen) atoms. The molecule has 150 valence electrons. The van der Waals surface area contributed by atoms with Crippen molar-refractivity contribution in [3.8, 4) is 0 Å². The third-order valence-corrected chi connectivity index (χ3v) is 5.69. The highest BCUT2D eigenvalue weighted by molar-refractivity contribution is 6.46. The van der Waals surface area contributed by atoms with E-state index in [1.54, 1.807) is 30.3 Å². The average Bonchev–Trinajstić information content (AvgIpc) is 2.96. The standard InChI is InChI=1S/C25H21ClN2O2/c1-15-12-13-19(16(2)14-15)22-23(27-21-11-7-10-20(26)17(21)3)25(30)28(24(22)29)18-8-5-4-6-9-18/h4-14,27H,1-3H3. The summed E-state index contributed by atoms with van der Waals surface area (Å²) < 4.78 is 0. The average molecular weight is 417 g/mol. The third kappa shape index (κ3) is 3.40. The maximum Gasteiger partial charge on any atom is 0.282 e. The van der Waals surface area contributed by atoms with Crippen LogP contribution in [0.2, 0.25) is 5.02 Å². The van der Waals surface area contributed by atoms with E-state index >= 15 is 0 Å². The van der Waals surface area contributed by atoms with E-state index in [-0.39, 0.29) is 17.5 Å². The van der Waals surface area contributed by atoms with Crippen LogP contribution >= 0.6 is 11.6 Å². The zero-order valence-corrected chi connectivity index (χ0v) is 17.7. The number of anilines is 2. The number of aryl methyl sites for hydroxylation is 2. The molecule has 3 aromatic carbocycles. The first-order valence-corrected chi connectivity index (χ1v) is 10.0. The number of nitrogens with one attached hydrogen (secondary N) is 1. The van der Waals surface area contributed by atoms with Gasteiger partial charge in [0.05, 0.1) is 11.3 Å². The second-order valence-corrected chi connectivity index (χ2v) is 7.79. The molecule has 0 aliphatic carbocycles. The molecule has 4 rings (SSSR count). The van der Waals surface area contributed by atoms with Gasteiger partial charge in [-0.1, -0.05) is 59.6 Å². The van der Waals surface area contributed by atoms with E-state index in [1.165, 1.54) is 4.90 Å². The monoisotopic (exact) mass is 416 g/mol. The van der Waals surface area contributed by atoms with Crippen molar-refractivity contribution in [3.05, 3.63) is 99.7 Å². The number of hydrogen-bond acceptors (Lipinski definition) is 3. The molecule has 1 aliphatic rings. The normalized spacial score (nSPS) is 13.9. The van der Waals surface area contributed by atoms with E-state index < -0.39 is 0 Å². The minimum Gasteiger partial charge on any atom is -0.350 e. The molecule has 0 atom stereocenters. The van der Waals surface area contributed by atoms with E-state index in [2.05, 4.69) is 5.32 Å². The van der Waals surface area contributed by atoms with E-state index in [9.17, 15) is 9.59 Å². The molecular formula is C25H21ClN2O2. The van der Waals surface area contributed by atoms with Gasteiger partial charge in [-0.05, 0) is 61.7 Å². The van der Waals surface area contributed by atoms with Crippen LogP contribution in [0.1, 0.15) is 22.3 Å². The summed E-state index contributed by atoms with van der Waals surface area (Å²) in [4.78, 5) is 28.1. The topological polar surface area (TPSA) is 49.4 Å². The van der Waals surface area contributed by atoms with Crippen LogP contribution in [0.4, 0.5) is 11.4 Å². The largest absolute Gasteiger partial charge is 0.350 e. The maximum absolute atomic E-state index is 13.5. The molecule has 2 amide bonds. The number of hydrogen-bond donors (Lipinski definition) is 1. The number of para-hydroxylation sites is 1. The molecule has 1 heterocycles. The predicted octanol–water partition coefficient (Wildman–Crippen LogP) is 5.66. The van der Waals surface area contributed by atoms with Gasteiger partial charge in [0, 0.05) is 10.7 Å². The zero-order valence-electron chi connectivity index (χ0n) is 17.0. The van der Waals surface area contributed by atoms with Crippen molar-refractivity contribution >= 4 is 40.4 Å². The molecule has 0 saturated heterocycles. The van der Waals surface area contributed by atoms with Crippen LogP contribution in [0, 0.1) is 20.8 Å². The lowest BCUT2D eigenvalue weighted by Crippen LogP contribution is -2.32. The number of carbonyl (C=O) groups excluding carboxylic acids is 2. The minimum absolute atomic E-state index is 0.251. The number of halogens is 1. The molecule has 1 aliphatic heterocycles. The van der Waals surface area contributed by atoms with E-state index in [0.29, 0.717) is 22.0 Å². The van der Waals surface area contributed by atoms with E-state index in [1.807, 2.05) is 57.2 Å². The Morgan fingerprint density at radius 2 is 1.57 bits per heavy atom. The Bertz CT molecular complexity index is 1200. The number of imide groups is 1. The van der Waals surface area contributed by atoms with Crippen LogP contribution in [0.3, 0.4) is 0 Å². The molecule has 4 nitrogen and oxygen atoms in total. The van der Waals surface area contributed by atoms with Crippen LogP contribution in [-0.2, 0) is 9.59 Å². The van der Waals surface area contributed by atoms with Crippen molar-refractivity contribution in [3.63, 3.8) is 0 Å². The van der Waals surface area contributed by atoms with Gasteiger partial charge in [0.1, 0.15) is 5.70 Å². The Morgan fingerprint density at radius 3 is 2.27 bits per heavy atom. The third-order valence-electron chi connectivity index (χ3n) is 5.28. The Labute approximate surface area is 180 Å². The van der Waals surface area contributed by atoms with E-state index in [0.717, 1.165) is 22.3 Å². The lowest BCUT2D eigenvalue weighted by molar-refractivity contribution is -0.120. The predicted molar refractivity (Wildman–Crippen MR) is 122 cm³/mol. The minimum atomic E-state index is -0.388. The first-order chi connectivity index (χ1) is 14.4. The molecule has 0 unspecified atom stereocenters. The fraction of sp³-hybridized carbons (Fsp3) is 0.120. The van der Waals surface area contributed by atoms with Crippen LogP contribution < -0.4 is 10.2 Å². The lowest BCUT2D eigenvalue weighted by atomic mass is 9.97. The fourth-order valence-electron chi connectivity index (χ4n) is 3.68. The highest BCUT2D eigenvalue weighted by Crippen LogP contribution is 2.36. The fourth-order valence-corrected chi connectivity index (χ4v) is 3.85. The van der Waals surface area contributed by atoms with Crippen molar-refractivity contribution < 1.29 is 9.59 Å². The summed E-state index contributed by atoms with van der Waals surface area (Å²) in [7, 11) is 0. The summed E-state index contributed by atoms with van der Waals surface area (Å²) >= 11 is 6.27. The van der Waals surface area contributed by atoms with Gasteiger partial charge < -0.3 is 5.32 Å². The number of amides is 2. The van der Waals surface area contributed by atoms with Gasteiger partial charge >= 0.3 is 0 Å². The molecule has 0 saturated carbocycles. The second-order valence-electron chi connectivity index (χ2n) is 7.39. The van der Waals surface area contributed by atoms with Gasteiger partial charge in [0.2, 0.25) is 0 Å². The second kappa shape index (κ2) is 7.81. The van der Waals surface area contributed by atoms with Crippen molar-refractivity contribution in [2.45, 2.75) is 20.8 Å². The van der Waals surface area contributed by atoms with E-state index in [4.69, 9.17) is 11.6 Å². The number of nitrogens with zero attached hydrogens (tertiary/aromatic N) is 1. The molecule has 5 heteroatoms. The highest BCUT2D eigenvalue weighted by Gasteiger charge is 2.40. The van der Waals surface area contributed by atoms with Gasteiger partial charge in [0.25, 0.3) is 11.8 Å². The SMILES string of the molecule is Cc1ccc(C2=C(Nc3cccc(Cl)c3C)C(=O)N(c3ccccc3)C2=O)c(C)c1. The van der Waals surface area contributed by atoms with Crippen molar-refractivity contribution in [2.75, 3.05) is 10.2 Å². The Balaban J connectivity index is 1.89. The molecule has 0 aromatic heterocycles. The maximum atomic E-state index is 13.5. The number of carbonyl (C=O) groups is 2. The van der Waals surface area contributed by atoms with Crippen molar-refractivity contribution in [1.82, 2.24) is 0 Å². The van der Waals surface area contributed by atoms with Gasteiger partial charge in [-0.3, -0.25) is 9.59 Å². The summed E-state index contributed by atoms with van der Waals surface area (Å²) in [6, 6.07) is 20.3. The number of benzene rings is 3. The number of rotatable bonds is 4. The summed E-state index contributed by atoms with van der Waals surface area (Å²) in [6.45, 7) is 5.82. The zero-order chi connectivity index (χ0) is 21.4. The molecule has 0 radical (unpaired) electrons. The highest BCUT2D eigenvalue weighted by atomic mass is 35.5. The summed E-state index contributed by atoms with van der Waals surface area (Å²) in [5.41, 5.74) is 5.41. The Hall–Kier alpha value is -3.37. The molecule has 0 spiro atoms. The van der Waals surface area contributed by atoms with Crippen LogP contribution in [0.15, 0.2) is 72.4 Å². The van der Waals surface area contributed by atoms with Crippen molar-refractivity contribution in [1.29, 1.82) is 0 Å². The Kier molecular flexibility index (Phi) is 5.18. The van der Waals surface area contributed by atoms with Gasteiger partial charge in [-0.2, -0.15) is 0 Å². The van der Waals surface area contributed by atoms with Gasteiger partial charge in [0.15, 0.2) is 0 Å². The van der Waals surface area contributed by atoms with Crippen LogP contribution in [0.25, 0.3) is 5.57 Å². The van der Waals surface area contributed by atoms with Crippen LogP contribution in [-0.4, -0.2) is 11.8 Å². The Morgan fingerprint density at radius 1 is 0.833 bits per heavy atom. The molecule has 3 aromatic rings. The smallest absolute Gasteiger partial charge is 0.282 e. The summed E-state index contributed by atoms with van der Waals surface area (Å²) in [5.74, 6) is -0.735. The summed E-state index contributed by atoms with van der Waals surface area (Å²) in [6.07, 6.45) is 0. The lowest BCUT2D eigenvalue weighted by Gasteiger charge is -2.15. The molecule has 1 N–H and O–H groups in total. The summed E-state index contributed by atoms with van der Waals surface area (Å²) in [5, 5.41) is 3.79. The first kappa shape index (κ1) is 19.9. The molecule has 0 fully saturated rings. The van der Waals surface area contributed by atoms with Crippen molar-refractivity contribution in [2.24, 2.45) is 0 Å². The first-order valence-electron chi connectivity index (χ1n) is 9.66. The molecule has 0 bridgehead atoms. The molecular weight excluding hydrogens is 396 g/mol. The van der Waals surface area contributed by atoms with Crippen LogP contribution in [0.5, 0.6) is 0 Å². The van der Waals surface area contributed by atoms with Gasteiger partial charge in [-0.15, -0.1) is 0 Å². The van der Waals surface area contributed by atoms with Gasteiger partial charge in [-0.25, -0.2) is 4.90 Å².